The highest BCUT2D eigenvalue weighted by molar-refractivity contribution is 7.90. The van der Waals surface area contributed by atoms with Crippen LogP contribution in [0.5, 0.6) is 0 Å². The number of benzene rings is 1. The molecule has 1 aromatic carbocycles. The number of carboxylic acid groups (broad SMARTS) is 1. The third-order valence-electron chi connectivity index (χ3n) is 2.24. The Hall–Kier alpha value is -2.93. The summed E-state index contributed by atoms with van der Waals surface area (Å²) in [7, 11) is -3.63. The molecule has 1 aromatic rings. The Labute approximate surface area is 120 Å². The summed E-state index contributed by atoms with van der Waals surface area (Å²) in [5.74, 6) is -1.90. The molecule has 0 aliphatic rings. The number of anilines is 1. The van der Waals surface area contributed by atoms with Crippen LogP contribution in [0.15, 0.2) is 28.2 Å². The molecule has 0 aliphatic heterocycles. The first-order chi connectivity index (χ1) is 9.65. The smallest absolute Gasteiger partial charge is 0.335 e. The van der Waals surface area contributed by atoms with Gasteiger partial charge in [-0.05, 0) is 18.2 Å². The molecule has 5 N–H and O–H groups in total. The highest BCUT2D eigenvalue weighted by Gasteiger charge is 2.13. The van der Waals surface area contributed by atoms with Gasteiger partial charge in [0.25, 0.3) is 0 Å². The summed E-state index contributed by atoms with van der Waals surface area (Å²) in [6.45, 7) is 0. The molecule has 0 bridgehead atoms. The molecular formula is C11H11N5O4S. The lowest BCUT2D eigenvalue weighted by atomic mass is 10.2. The van der Waals surface area contributed by atoms with Crippen LogP contribution in [-0.4, -0.2) is 37.3 Å². The zero-order valence-electron chi connectivity index (χ0n) is 10.8. The molecule has 21 heavy (non-hydrogen) atoms. The molecule has 0 aromatic heterocycles. The number of sulfone groups is 1. The summed E-state index contributed by atoms with van der Waals surface area (Å²) in [5, 5.41) is 28.2. The van der Waals surface area contributed by atoms with Gasteiger partial charge in [-0.2, -0.15) is 10.4 Å². The molecule has 9 nitrogen and oxygen atoms in total. The Bertz CT molecular complexity index is 776. The lowest BCUT2D eigenvalue weighted by Crippen LogP contribution is -2.21. The van der Waals surface area contributed by atoms with Gasteiger partial charge in [-0.25, -0.2) is 13.2 Å². The first-order valence-electron chi connectivity index (χ1n) is 5.31. The second-order valence-corrected chi connectivity index (χ2v) is 5.94. The number of amidine groups is 1. The monoisotopic (exact) mass is 309 g/mol. The first-order valence-corrected chi connectivity index (χ1v) is 7.21. The van der Waals surface area contributed by atoms with Crippen LogP contribution in [0.2, 0.25) is 0 Å². The maximum Gasteiger partial charge on any atom is 0.335 e. The van der Waals surface area contributed by atoms with Gasteiger partial charge in [0.15, 0.2) is 15.7 Å². The second kappa shape index (κ2) is 6.02. The number of nitrogens with zero attached hydrogens (tertiary/aromatic N) is 2. The number of nitriles is 1. The van der Waals surface area contributed by atoms with E-state index in [9.17, 15) is 13.2 Å². The molecule has 0 atom stereocenters. The second-order valence-electron chi connectivity index (χ2n) is 3.92. The fourth-order valence-corrected chi connectivity index (χ4v) is 1.95. The van der Waals surface area contributed by atoms with Crippen LogP contribution >= 0.6 is 0 Å². The van der Waals surface area contributed by atoms with Gasteiger partial charge in [0.2, 0.25) is 5.71 Å². The van der Waals surface area contributed by atoms with E-state index in [0.29, 0.717) is 0 Å². The molecule has 0 spiro atoms. The van der Waals surface area contributed by atoms with E-state index in [-0.39, 0.29) is 16.1 Å². The lowest BCUT2D eigenvalue weighted by Gasteiger charge is -2.06. The number of hydrogen-bond acceptors (Lipinski definition) is 7. The van der Waals surface area contributed by atoms with Crippen molar-refractivity contribution in [2.75, 3.05) is 11.7 Å². The third-order valence-corrected chi connectivity index (χ3v) is 3.33. The summed E-state index contributed by atoms with van der Waals surface area (Å²) in [4.78, 5) is 10.7. The predicted molar refractivity (Wildman–Crippen MR) is 75.1 cm³/mol. The Morgan fingerprint density at radius 3 is 2.52 bits per heavy atom. The molecule has 0 aliphatic carbocycles. The Balaban J connectivity index is 3.31. The van der Waals surface area contributed by atoms with Crippen molar-refractivity contribution in [2.45, 2.75) is 4.90 Å². The minimum atomic E-state index is -3.63. The molecular weight excluding hydrogens is 298 g/mol. The van der Waals surface area contributed by atoms with Crippen molar-refractivity contribution < 1.29 is 18.3 Å². The van der Waals surface area contributed by atoms with Gasteiger partial charge in [0.1, 0.15) is 6.07 Å². The van der Waals surface area contributed by atoms with Crippen molar-refractivity contribution in [3.8, 4) is 6.07 Å². The third kappa shape index (κ3) is 4.29. The van der Waals surface area contributed by atoms with Gasteiger partial charge >= 0.3 is 5.97 Å². The number of hydrogen-bond donors (Lipinski definition) is 4. The maximum atomic E-state index is 11.5. The summed E-state index contributed by atoms with van der Waals surface area (Å²) >= 11 is 0. The topological polar surface area (TPSA) is 169 Å². The van der Waals surface area contributed by atoms with Crippen molar-refractivity contribution in [1.82, 2.24) is 0 Å². The van der Waals surface area contributed by atoms with Gasteiger partial charge in [-0.15, -0.1) is 0 Å². The van der Waals surface area contributed by atoms with Crippen LogP contribution in [0.25, 0.3) is 0 Å². The molecule has 0 saturated carbocycles. The van der Waals surface area contributed by atoms with E-state index in [4.69, 9.17) is 21.5 Å². The van der Waals surface area contributed by atoms with Gasteiger partial charge in [-0.3, -0.25) is 10.8 Å². The van der Waals surface area contributed by atoms with Crippen LogP contribution in [0.1, 0.15) is 10.4 Å². The number of rotatable bonds is 5. The van der Waals surface area contributed by atoms with Crippen LogP contribution in [0.3, 0.4) is 0 Å². The van der Waals surface area contributed by atoms with Crippen molar-refractivity contribution in [3.63, 3.8) is 0 Å². The number of aromatic carboxylic acids is 1. The molecule has 0 heterocycles. The van der Waals surface area contributed by atoms with Gasteiger partial charge in [0, 0.05) is 6.26 Å². The SMILES string of the molecule is CS(=O)(=O)c1cc(N/N=C(\C#N)C(=N)N)cc(C(=O)O)c1. The normalized spacial score (nSPS) is 11.5. The highest BCUT2D eigenvalue weighted by Crippen LogP contribution is 2.19. The predicted octanol–water partition coefficient (Wildman–Crippen LogP) is 0.0157. The van der Waals surface area contributed by atoms with Crippen molar-refractivity contribution in [3.05, 3.63) is 23.8 Å². The Morgan fingerprint density at radius 2 is 2.10 bits per heavy atom. The summed E-state index contributed by atoms with van der Waals surface area (Å²) in [5.41, 5.74) is 6.74. The quantitative estimate of drug-likeness (QED) is 0.337. The van der Waals surface area contributed by atoms with E-state index in [1.165, 1.54) is 0 Å². The number of carboxylic acids is 1. The first kappa shape index (κ1) is 16.1. The van der Waals surface area contributed by atoms with E-state index >= 15 is 0 Å². The molecule has 0 saturated heterocycles. The van der Waals surface area contributed by atoms with Crippen LogP contribution in [0.4, 0.5) is 5.69 Å². The van der Waals surface area contributed by atoms with Crippen molar-refractivity contribution >= 4 is 33.0 Å². The van der Waals surface area contributed by atoms with Gasteiger partial charge < -0.3 is 10.8 Å². The van der Waals surface area contributed by atoms with E-state index in [0.717, 1.165) is 24.5 Å². The van der Waals surface area contributed by atoms with Gasteiger partial charge in [-0.1, -0.05) is 0 Å². The number of carbonyl (C=O) groups is 1. The fourth-order valence-electron chi connectivity index (χ4n) is 1.27. The van der Waals surface area contributed by atoms with Crippen LogP contribution < -0.4 is 11.2 Å². The van der Waals surface area contributed by atoms with E-state index in [2.05, 4.69) is 10.5 Å². The minimum Gasteiger partial charge on any atom is -0.478 e. The minimum absolute atomic E-state index is 0.0318. The van der Waals surface area contributed by atoms with Crippen molar-refractivity contribution in [1.29, 1.82) is 10.7 Å². The average molecular weight is 309 g/mol. The van der Waals surface area contributed by atoms with Crippen molar-refractivity contribution in [2.24, 2.45) is 10.8 Å². The zero-order valence-corrected chi connectivity index (χ0v) is 11.6. The Morgan fingerprint density at radius 1 is 1.48 bits per heavy atom. The molecule has 0 unspecified atom stereocenters. The molecule has 1 rings (SSSR count). The summed E-state index contributed by atoms with van der Waals surface area (Å²) in [6.07, 6.45) is 0.928. The maximum absolute atomic E-state index is 11.5. The molecule has 0 radical (unpaired) electrons. The van der Waals surface area contributed by atoms with Gasteiger partial charge in [0.05, 0.1) is 16.1 Å². The number of nitrogens with one attached hydrogen (secondary N) is 2. The molecule has 110 valence electrons. The average Bonchev–Trinajstić information content (AvgIpc) is 2.37. The largest absolute Gasteiger partial charge is 0.478 e. The highest BCUT2D eigenvalue weighted by atomic mass is 32.2. The molecule has 0 fully saturated rings. The number of nitrogens with two attached hydrogens (primary N) is 1. The Kier molecular flexibility index (Phi) is 4.62. The van der Waals surface area contributed by atoms with E-state index in [1.54, 1.807) is 6.07 Å². The fraction of sp³-hybridized carbons (Fsp3) is 0.0909. The molecule has 10 heteroatoms. The molecule has 0 amide bonds. The lowest BCUT2D eigenvalue weighted by molar-refractivity contribution is 0.0696. The summed E-state index contributed by atoms with van der Waals surface area (Å²) < 4.78 is 23.0. The van der Waals surface area contributed by atoms with E-state index < -0.39 is 27.4 Å². The number of hydrazone groups is 1. The van der Waals surface area contributed by atoms with E-state index in [1.807, 2.05) is 0 Å². The summed E-state index contributed by atoms with van der Waals surface area (Å²) in [6, 6.07) is 4.85. The zero-order chi connectivity index (χ0) is 16.2. The van der Waals surface area contributed by atoms with Crippen LogP contribution in [0, 0.1) is 16.7 Å². The standard InChI is InChI=1S/C11H11N5O4S/c1-21(19,20)8-3-6(11(17)18)2-7(4-8)15-16-9(5-12)10(13)14/h2-4,15H,1H3,(H3,13,14)(H,17,18)/b16-9+. The van der Waals surface area contributed by atoms with Crippen LogP contribution in [-0.2, 0) is 9.84 Å².